The summed E-state index contributed by atoms with van der Waals surface area (Å²) in [5.41, 5.74) is 2.48. The molecule has 3 heteroatoms. The zero-order chi connectivity index (χ0) is 21.5. The Hall–Kier alpha value is -1.51. The number of carboxylic acids is 1. The number of rotatable bonds is 10. The molecular formula is C25H42O3. The fourth-order valence-corrected chi connectivity index (χ4v) is 3.80. The van der Waals surface area contributed by atoms with E-state index in [0.29, 0.717) is 5.75 Å². The van der Waals surface area contributed by atoms with Crippen LogP contribution in [0.4, 0.5) is 0 Å². The number of carbonyl (C=O) groups is 1. The number of hydrogen-bond acceptors (Lipinski definition) is 2. The monoisotopic (exact) mass is 390 g/mol. The fraction of sp³-hybridized carbons (Fsp3) is 0.720. The molecule has 0 amide bonds. The van der Waals surface area contributed by atoms with Crippen LogP contribution < -0.4 is 0 Å². The highest BCUT2D eigenvalue weighted by Gasteiger charge is 2.28. The summed E-state index contributed by atoms with van der Waals surface area (Å²) in [6.45, 7) is 14.8. The smallest absolute Gasteiger partial charge is 0.303 e. The van der Waals surface area contributed by atoms with Gasteiger partial charge < -0.3 is 10.2 Å². The molecule has 0 aliphatic carbocycles. The molecule has 0 aliphatic heterocycles. The summed E-state index contributed by atoms with van der Waals surface area (Å²) in [7, 11) is 0. The molecule has 1 rings (SSSR count). The highest BCUT2D eigenvalue weighted by atomic mass is 16.4. The van der Waals surface area contributed by atoms with Crippen molar-refractivity contribution < 1.29 is 15.0 Å². The number of carboxylic acid groups (broad SMARTS) is 1. The molecule has 0 aliphatic rings. The summed E-state index contributed by atoms with van der Waals surface area (Å²) in [5, 5.41) is 20.4. The van der Waals surface area contributed by atoms with Crippen LogP contribution in [-0.2, 0) is 15.6 Å². The number of unbranched alkanes of at least 4 members (excludes halogenated alkanes) is 5. The minimum Gasteiger partial charge on any atom is -0.507 e. The average Bonchev–Trinajstić information content (AvgIpc) is 2.54. The molecule has 3 nitrogen and oxygen atoms in total. The summed E-state index contributed by atoms with van der Waals surface area (Å²) in [6.07, 6.45) is 8.25. The van der Waals surface area contributed by atoms with Crippen molar-refractivity contribution in [1.29, 1.82) is 0 Å². The Balaban J connectivity index is 3.19. The highest BCUT2D eigenvalue weighted by molar-refractivity contribution is 5.68. The molecule has 160 valence electrons. The number of hydrogen-bond donors (Lipinski definition) is 2. The van der Waals surface area contributed by atoms with Crippen LogP contribution in [0.3, 0.4) is 0 Å². The molecule has 0 saturated heterocycles. The van der Waals surface area contributed by atoms with Crippen molar-refractivity contribution in [1.82, 2.24) is 0 Å². The molecule has 1 aromatic rings. The van der Waals surface area contributed by atoms with Crippen molar-refractivity contribution in [3.05, 3.63) is 28.8 Å². The second kappa shape index (κ2) is 10.3. The first-order valence-corrected chi connectivity index (χ1v) is 11.0. The average molecular weight is 391 g/mol. The van der Waals surface area contributed by atoms with Crippen LogP contribution in [0.15, 0.2) is 12.1 Å². The topological polar surface area (TPSA) is 57.5 Å². The third-order valence-corrected chi connectivity index (χ3v) is 5.55. The van der Waals surface area contributed by atoms with Crippen molar-refractivity contribution in [3.8, 4) is 5.75 Å². The summed E-state index contributed by atoms with van der Waals surface area (Å²) >= 11 is 0. The van der Waals surface area contributed by atoms with Gasteiger partial charge in [-0.05, 0) is 39.9 Å². The third kappa shape index (κ3) is 7.48. The van der Waals surface area contributed by atoms with E-state index < -0.39 is 5.97 Å². The van der Waals surface area contributed by atoms with Gasteiger partial charge in [-0.2, -0.15) is 0 Å². The van der Waals surface area contributed by atoms with Crippen LogP contribution >= 0.6 is 0 Å². The molecule has 28 heavy (non-hydrogen) atoms. The Morgan fingerprint density at radius 1 is 0.893 bits per heavy atom. The van der Waals surface area contributed by atoms with Gasteiger partial charge in [0.15, 0.2) is 0 Å². The van der Waals surface area contributed by atoms with Gasteiger partial charge in [0.2, 0.25) is 0 Å². The van der Waals surface area contributed by atoms with E-state index in [1.807, 2.05) is 0 Å². The van der Waals surface area contributed by atoms with Crippen LogP contribution in [0.1, 0.15) is 122 Å². The molecular weight excluding hydrogens is 348 g/mol. The lowest BCUT2D eigenvalue weighted by molar-refractivity contribution is -0.137. The van der Waals surface area contributed by atoms with Gasteiger partial charge in [-0.15, -0.1) is 0 Å². The lowest BCUT2D eigenvalue weighted by Crippen LogP contribution is -2.19. The van der Waals surface area contributed by atoms with Gasteiger partial charge in [-0.1, -0.05) is 99.1 Å². The largest absolute Gasteiger partial charge is 0.507 e. The molecule has 0 heterocycles. The molecule has 1 unspecified atom stereocenters. The van der Waals surface area contributed by atoms with E-state index in [2.05, 4.69) is 60.6 Å². The molecule has 0 aromatic heterocycles. The first kappa shape index (κ1) is 24.5. The minimum atomic E-state index is -0.751. The standard InChI is InChI=1S/C25H42O3/c1-8-9-10-11-12-13-14-18(17-22(26)27)19-15-20(24(2,3)4)23(28)21(16-19)25(5,6)7/h15-16,18,28H,8-14,17H2,1-7H3,(H,26,27). The van der Waals surface area contributed by atoms with Gasteiger partial charge in [-0.3, -0.25) is 4.79 Å². The summed E-state index contributed by atoms with van der Waals surface area (Å²) < 4.78 is 0. The van der Waals surface area contributed by atoms with Gasteiger partial charge in [-0.25, -0.2) is 0 Å². The Bertz CT molecular complexity index is 597. The van der Waals surface area contributed by atoms with Gasteiger partial charge >= 0.3 is 5.97 Å². The van der Waals surface area contributed by atoms with E-state index >= 15 is 0 Å². The quantitative estimate of drug-likeness (QED) is 0.412. The molecule has 0 radical (unpaired) electrons. The van der Waals surface area contributed by atoms with Crippen molar-refractivity contribution in [2.45, 2.75) is 117 Å². The van der Waals surface area contributed by atoms with E-state index in [0.717, 1.165) is 36.0 Å². The van der Waals surface area contributed by atoms with E-state index in [4.69, 9.17) is 0 Å². The fourth-order valence-electron chi connectivity index (χ4n) is 3.80. The molecule has 0 spiro atoms. The van der Waals surface area contributed by atoms with Crippen LogP contribution in [0, 0.1) is 0 Å². The first-order valence-electron chi connectivity index (χ1n) is 11.0. The summed E-state index contributed by atoms with van der Waals surface area (Å²) in [5.74, 6) is -0.400. The number of aliphatic carboxylic acids is 1. The molecule has 0 fully saturated rings. The maximum atomic E-state index is 11.5. The molecule has 0 saturated carbocycles. The van der Waals surface area contributed by atoms with Crippen molar-refractivity contribution >= 4 is 5.97 Å². The van der Waals surface area contributed by atoms with Gasteiger partial charge in [0.05, 0.1) is 6.42 Å². The first-order chi connectivity index (χ1) is 12.9. The van der Waals surface area contributed by atoms with E-state index in [9.17, 15) is 15.0 Å². The number of aromatic hydroxyl groups is 1. The van der Waals surface area contributed by atoms with Gasteiger partial charge in [0, 0.05) is 0 Å². The summed E-state index contributed by atoms with van der Waals surface area (Å²) in [6, 6.07) is 4.10. The van der Waals surface area contributed by atoms with Crippen molar-refractivity contribution in [2.24, 2.45) is 0 Å². The molecule has 1 atom stereocenters. The number of phenolic OH excluding ortho intramolecular Hbond substituents is 1. The summed E-state index contributed by atoms with van der Waals surface area (Å²) in [4.78, 5) is 11.5. The van der Waals surface area contributed by atoms with Crippen molar-refractivity contribution in [3.63, 3.8) is 0 Å². The van der Waals surface area contributed by atoms with E-state index in [-0.39, 0.29) is 23.2 Å². The SMILES string of the molecule is CCCCCCCCC(CC(=O)O)c1cc(C(C)(C)C)c(O)c(C(C)(C)C)c1. The lowest BCUT2D eigenvalue weighted by atomic mass is 9.76. The van der Waals surface area contributed by atoms with E-state index in [1.54, 1.807) is 0 Å². The highest BCUT2D eigenvalue weighted by Crippen LogP contribution is 2.42. The predicted octanol–water partition coefficient (Wildman–Crippen LogP) is 7.30. The predicted molar refractivity (Wildman–Crippen MR) is 118 cm³/mol. The van der Waals surface area contributed by atoms with Crippen LogP contribution in [0.2, 0.25) is 0 Å². The van der Waals surface area contributed by atoms with Crippen LogP contribution in [-0.4, -0.2) is 16.2 Å². The van der Waals surface area contributed by atoms with Crippen LogP contribution in [0.25, 0.3) is 0 Å². The van der Waals surface area contributed by atoms with Gasteiger partial charge in [0.25, 0.3) is 0 Å². The maximum absolute atomic E-state index is 11.5. The third-order valence-electron chi connectivity index (χ3n) is 5.55. The zero-order valence-corrected chi connectivity index (χ0v) is 19.2. The molecule has 1 aromatic carbocycles. The normalized spacial score (nSPS) is 13.5. The number of phenols is 1. The Labute approximate surface area is 172 Å². The Morgan fingerprint density at radius 2 is 1.36 bits per heavy atom. The van der Waals surface area contributed by atoms with Gasteiger partial charge in [0.1, 0.15) is 5.75 Å². The second-order valence-electron chi connectivity index (χ2n) is 10.3. The Morgan fingerprint density at radius 3 is 1.79 bits per heavy atom. The van der Waals surface area contributed by atoms with Crippen LogP contribution in [0.5, 0.6) is 5.75 Å². The van der Waals surface area contributed by atoms with Crippen molar-refractivity contribution in [2.75, 3.05) is 0 Å². The Kier molecular flexibility index (Phi) is 9.04. The molecule has 2 N–H and O–H groups in total. The maximum Gasteiger partial charge on any atom is 0.303 e. The second-order valence-corrected chi connectivity index (χ2v) is 10.3. The van der Waals surface area contributed by atoms with E-state index in [1.165, 1.54) is 25.7 Å². The lowest BCUT2D eigenvalue weighted by Gasteiger charge is -2.30. The minimum absolute atomic E-state index is 0.00789. The zero-order valence-electron chi connectivity index (χ0n) is 19.2. The molecule has 0 bridgehead atoms. The number of benzene rings is 1.